The third kappa shape index (κ3) is 4.38. The molecule has 1 unspecified atom stereocenters. The molecule has 0 fully saturated rings. The minimum atomic E-state index is -3.20. The first-order chi connectivity index (χ1) is 8.49. The van der Waals surface area contributed by atoms with Crippen LogP contribution in [-0.4, -0.2) is 27.9 Å². The van der Waals surface area contributed by atoms with Crippen LogP contribution in [0.1, 0.15) is 24.9 Å². The second-order valence-electron chi connectivity index (χ2n) is 4.14. The van der Waals surface area contributed by atoms with Gasteiger partial charge in [-0.1, -0.05) is 19.1 Å². The maximum absolute atomic E-state index is 11.5. The summed E-state index contributed by atoms with van der Waals surface area (Å²) in [4.78, 5) is 0.288. The van der Waals surface area contributed by atoms with Crippen molar-refractivity contribution in [3.05, 3.63) is 29.8 Å². The van der Waals surface area contributed by atoms with Crippen LogP contribution in [0.5, 0.6) is 0 Å². The monoisotopic (exact) mass is 272 g/mol. The highest BCUT2D eigenvalue weighted by molar-refractivity contribution is 7.90. The standard InChI is InChI=1S/C12H20N2O3S/c1-3-7-17-9-12(14-13)10-5-4-6-11(8-10)18(2,15)16/h4-6,8,12,14H,3,7,9,13H2,1-2H3. The second kappa shape index (κ2) is 6.84. The zero-order valence-corrected chi connectivity index (χ0v) is 11.5. The molecule has 0 aliphatic rings. The predicted octanol–water partition coefficient (Wildman–Crippen LogP) is 1.02. The third-order valence-electron chi connectivity index (χ3n) is 2.52. The lowest BCUT2D eigenvalue weighted by molar-refractivity contribution is 0.112. The van der Waals surface area contributed by atoms with Crippen LogP contribution in [0.15, 0.2) is 29.2 Å². The molecule has 0 bridgehead atoms. The Hall–Kier alpha value is -0.950. The van der Waals surface area contributed by atoms with E-state index in [2.05, 4.69) is 5.43 Å². The SMILES string of the molecule is CCCOCC(NN)c1cccc(S(C)(=O)=O)c1. The van der Waals surface area contributed by atoms with E-state index in [1.165, 1.54) is 6.26 Å². The van der Waals surface area contributed by atoms with Crippen molar-refractivity contribution in [2.24, 2.45) is 5.84 Å². The highest BCUT2D eigenvalue weighted by Gasteiger charge is 2.13. The summed E-state index contributed by atoms with van der Waals surface area (Å²) in [6, 6.07) is 6.51. The van der Waals surface area contributed by atoms with Gasteiger partial charge in [-0.3, -0.25) is 11.3 Å². The van der Waals surface area contributed by atoms with E-state index >= 15 is 0 Å². The molecule has 0 radical (unpaired) electrons. The topological polar surface area (TPSA) is 81.4 Å². The summed E-state index contributed by atoms with van der Waals surface area (Å²) in [5, 5.41) is 0. The van der Waals surface area contributed by atoms with Gasteiger partial charge in [0, 0.05) is 12.9 Å². The van der Waals surface area contributed by atoms with Gasteiger partial charge in [-0.25, -0.2) is 8.42 Å². The summed E-state index contributed by atoms with van der Waals surface area (Å²) >= 11 is 0. The van der Waals surface area contributed by atoms with E-state index in [1.807, 2.05) is 13.0 Å². The van der Waals surface area contributed by atoms with Gasteiger partial charge < -0.3 is 4.74 Å². The zero-order chi connectivity index (χ0) is 13.6. The number of nitrogens with two attached hydrogens (primary N) is 1. The van der Waals surface area contributed by atoms with Gasteiger partial charge >= 0.3 is 0 Å². The van der Waals surface area contributed by atoms with Crippen molar-refractivity contribution in [1.29, 1.82) is 0 Å². The van der Waals surface area contributed by atoms with Crippen LogP contribution in [0.3, 0.4) is 0 Å². The maximum atomic E-state index is 11.5. The molecule has 3 N–H and O–H groups in total. The van der Waals surface area contributed by atoms with Crippen LogP contribution in [0.2, 0.25) is 0 Å². The Bertz CT molecular complexity index is 474. The molecule has 1 atom stereocenters. The van der Waals surface area contributed by atoms with Crippen molar-refractivity contribution < 1.29 is 13.2 Å². The van der Waals surface area contributed by atoms with Crippen molar-refractivity contribution in [1.82, 2.24) is 5.43 Å². The van der Waals surface area contributed by atoms with Crippen molar-refractivity contribution >= 4 is 9.84 Å². The van der Waals surface area contributed by atoms with Gasteiger partial charge in [0.1, 0.15) is 0 Å². The molecule has 18 heavy (non-hydrogen) atoms. The van der Waals surface area contributed by atoms with Crippen molar-refractivity contribution in [3.63, 3.8) is 0 Å². The molecule has 0 heterocycles. The lowest BCUT2D eigenvalue weighted by atomic mass is 10.1. The Morgan fingerprint density at radius 3 is 2.72 bits per heavy atom. The number of hydrazine groups is 1. The zero-order valence-electron chi connectivity index (χ0n) is 10.7. The third-order valence-corrected chi connectivity index (χ3v) is 3.63. The number of benzene rings is 1. The van der Waals surface area contributed by atoms with Gasteiger partial charge in [0.15, 0.2) is 9.84 Å². The van der Waals surface area contributed by atoms with Gasteiger partial charge in [-0.05, 0) is 24.1 Å². The summed E-state index contributed by atoms with van der Waals surface area (Å²) in [5.74, 6) is 5.47. The predicted molar refractivity (Wildman–Crippen MR) is 70.7 cm³/mol. The molecule has 0 spiro atoms. The minimum Gasteiger partial charge on any atom is -0.379 e. The van der Waals surface area contributed by atoms with Gasteiger partial charge in [-0.15, -0.1) is 0 Å². The molecular formula is C12H20N2O3S. The highest BCUT2D eigenvalue weighted by atomic mass is 32.2. The van der Waals surface area contributed by atoms with E-state index in [4.69, 9.17) is 10.6 Å². The Balaban J connectivity index is 2.86. The molecule has 0 amide bonds. The first-order valence-corrected chi connectivity index (χ1v) is 7.72. The smallest absolute Gasteiger partial charge is 0.175 e. The van der Waals surface area contributed by atoms with Gasteiger partial charge in [0.2, 0.25) is 0 Å². The van der Waals surface area contributed by atoms with Gasteiger partial charge in [0.25, 0.3) is 0 Å². The average Bonchev–Trinajstić information content (AvgIpc) is 2.34. The summed E-state index contributed by atoms with van der Waals surface area (Å²) in [5.41, 5.74) is 3.44. The Labute approximate surface area is 108 Å². The number of hydrogen-bond donors (Lipinski definition) is 2. The van der Waals surface area contributed by atoms with Crippen LogP contribution >= 0.6 is 0 Å². The molecule has 1 aromatic rings. The molecule has 1 rings (SSSR count). The first-order valence-electron chi connectivity index (χ1n) is 5.83. The molecule has 1 aromatic carbocycles. The number of nitrogens with one attached hydrogen (secondary N) is 1. The fraction of sp³-hybridized carbons (Fsp3) is 0.500. The normalized spacial score (nSPS) is 13.5. The fourth-order valence-electron chi connectivity index (χ4n) is 1.55. The Kier molecular flexibility index (Phi) is 5.74. The highest BCUT2D eigenvalue weighted by Crippen LogP contribution is 2.17. The molecule has 6 heteroatoms. The molecule has 5 nitrogen and oxygen atoms in total. The van der Waals surface area contributed by atoms with Crippen molar-refractivity contribution in [2.75, 3.05) is 19.5 Å². The number of sulfone groups is 1. The summed E-state index contributed by atoms with van der Waals surface area (Å²) < 4.78 is 28.4. The lowest BCUT2D eigenvalue weighted by Gasteiger charge is -2.17. The van der Waals surface area contributed by atoms with E-state index in [0.29, 0.717) is 13.2 Å². The molecule has 0 saturated carbocycles. The molecule has 102 valence electrons. The Morgan fingerprint density at radius 1 is 1.44 bits per heavy atom. The van der Waals surface area contributed by atoms with E-state index < -0.39 is 9.84 Å². The van der Waals surface area contributed by atoms with Crippen LogP contribution < -0.4 is 11.3 Å². The van der Waals surface area contributed by atoms with E-state index in [1.54, 1.807) is 18.2 Å². The molecule has 0 saturated heterocycles. The second-order valence-corrected chi connectivity index (χ2v) is 6.15. The molecule has 0 aromatic heterocycles. The number of rotatable bonds is 7. The number of ether oxygens (including phenoxy) is 1. The summed E-state index contributed by atoms with van der Waals surface area (Å²) in [6.45, 7) is 3.09. The molecule has 0 aliphatic carbocycles. The first kappa shape index (κ1) is 15.1. The van der Waals surface area contributed by atoms with Crippen molar-refractivity contribution in [3.8, 4) is 0 Å². The van der Waals surface area contributed by atoms with E-state index in [0.717, 1.165) is 12.0 Å². The summed E-state index contributed by atoms with van der Waals surface area (Å²) in [7, 11) is -3.20. The minimum absolute atomic E-state index is 0.210. The average molecular weight is 272 g/mol. The van der Waals surface area contributed by atoms with Crippen LogP contribution in [0.4, 0.5) is 0 Å². The lowest BCUT2D eigenvalue weighted by Crippen LogP contribution is -2.31. The quantitative estimate of drug-likeness (QED) is 0.440. The Morgan fingerprint density at radius 2 is 2.17 bits per heavy atom. The maximum Gasteiger partial charge on any atom is 0.175 e. The number of hydrogen-bond acceptors (Lipinski definition) is 5. The van der Waals surface area contributed by atoms with Crippen molar-refractivity contribution in [2.45, 2.75) is 24.3 Å². The summed E-state index contributed by atoms with van der Waals surface area (Å²) in [6.07, 6.45) is 2.12. The largest absolute Gasteiger partial charge is 0.379 e. The van der Waals surface area contributed by atoms with Crippen LogP contribution in [0.25, 0.3) is 0 Å². The molecular weight excluding hydrogens is 252 g/mol. The van der Waals surface area contributed by atoms with Gasteiger partial charge in [-0.2, -0.15) is 0 Å². The fourth-order valence-corrected chi connectivity index (χ4v) is 2.22. The van der Waals surface area contributed by atoms with E-state index in [-0.39, 0.29) is 10.9 Å². The van der Waals surface area contributed by atoms with Gasteiger partial charge in [0.05, 0.1) is 17.5 Å². The molecule has 0 aliphatic heterocycles. The van der Waals surface area contributed by atoms with E-state index in [9.17, 15) is 8.42 Å². The van der Waals surface area contributed by atoms with Crippen LogP contribution in [-0.2, 0) is 14.6 Å². The van der Waals surface area contributed by atoms with Crippen LogP contribution in [0, 0.1) is 0 Å².